The van der Waals surface area contributed by atoms with Gasteiger partial charge >= 0.3 is 0 Å². The van der Waals surface area contributed by atoms with Gasteiger partial charge in [-0.05, 0) is 12.8 Å². The van der Waals surface area contributed by atoms with Gasteiger partial charge in [0.1, 0.15) is 0 Å². The summed E-state index contributed by atoms with van der Waals surface area (Å²) in [6.45, 7) is 3.16. The lowest BCUT2D eigenvalue weighted by molar-refractivity contribution is -0.142. The van der Waals surface area contributed by atoms with Crippen LogP contribution in [0.25, 0.3) is 0 Å². The molecule has 0 heterocycles. The summed E-state index contributed by atoms with van der Waals surface area (Å²) < 4.78 is 4.99. The van der Waals surface area contributed by atoms with Gasteiger partial charge in [0.15, 0.2) is 0 Å². The molecule has 1 saturated carbocycles. The van der Waals surface area contributed by atoms with Crippen molar-refractivity contribution in [2.45, 2.75) is 45.1 Å². The van der Waals surface area contributed by atoms with Gasteiger partial charge in [0.05, 0.1) is 6.61 Å². The maximum absolute atomic E-state index is 12.4. The van der Waals surface area contributed by atoms with Crippen LogP contribution in [0, 0.1) is 5.41 Å². The standard InChI is InChI=1S/C13H26N2O2/c1-13(7-5-4-6-8-13)12(16)15(2)9-11(14)10-17-3/h11H,4-10,14H2,1-3H3. The molecule has 1 aliphatic rings. The summed E-state index contributed by atoms with van der Waals surface area (Å²) in [6.07, 6.45) is 5.61. The van der Waals surface area contributed by atoms with Crippen LogP contribution in [0.4, 0.5) is 0 Å². The van der Waals surface area contributed by atoms with Crippen LogP contribution in [0.15, 0.2) is 0 Å². The van der Waals surface area contributed by atoms with Crippen LogP contribution in [0.5, 0.6) is 0 Å². The molecule has 1 fully saturated rings. The number of methoxy groups -OCH3 is 1. The number of carbonyl (C=O) groups excluding carboxylic acids is 1. The average Bonchev–Trinajstić information content (AvgIpc) is 2.29. The SMILES string of the molecule is COCC(N)CN(C)C(=O)C1(C)CCCCC1. The zero-order valence-corrected chi connectivity index (χ0v) is 11.4. The number of ether oxygens (including phenoxy) is 1. The van der Waals surface area contributed by atoms with Crippen LogP contribution in [0.2, 0.25) is 0 Å². The molecule has 4 nitrogen and oxygen atoms in total. The van der Waals surface area contributed by atoms with E-state index in [1.807, 2.05) is 7.05 Å². The highest BCUT2D eigenvalue weighted by atomic mass is 16.5. The minimum atomic E-state index is -0.167. The van der Waals surface area contributed by atoms with Crippen molar-refractivity contribution < 1.29 is 9.53 Å². The van der Waals surface area contributed by atoms with E-state index in [1.54, 1.807) is 12.0 Å². The van der Waals surface area contributed by atoms with Crippen molar-refractivity contribution in [3.63, 3.8) is 0 Å². The largest absolute Gasteiger partial charge is 0.383 e. The van der Waals surface area contributed by atoms with Crippen molar-refractivity contribution in [3.05, 3.63) is 0 Å². The lowest BCUT2D eigenvalue weighted by atomic mass is 9.74. The second-order valence-corrected chi connectivity index (χ2v) is 5.52. The van der Waals surface area contributed by atoms with Crippen LogP contribution in [0.1, 0.15) is 39.0 Å². The van der Waals surface area contributed by atoms with Crippen LogP contribution in [-0.2, 0) is 9.53 Å². The van der Waals surface area contributed by atoms with Gasteiger partial charge in [-0.25, -0.2) is 0 Å². The fourth-order valence-electron chi connectivity index (χ4n) is 2.71. The molecule has 0 saturated heterocycles. The van der Waals surface area contributed by atoms with Crippen molar-refractivity contribution in [1.29, 1.82) is 0 Å². The molecule has 100 valence electrons. The highest BCUT2D eigenvalue weighted by Crippen LogP contribution is 2.37. The third kappa shape index (κ3) is 3.96. The quantitative estimate of drug-likeness (QED) is 0.792. The second-order valence-electron chi connectivity index (χ2n) is 5.52. The molecule has 1 unspecified atom stereocenters. The molecule has 1 amide bonds. The number of hydrogen-bond donors (Lipinski definition) is 1. The number of likely N-dealkylation sites (N-methyl/N-ethyl adjacent to an activating group) is 1. The summed E-state index contributed by atoms with van der Waals surface area (Å²) >= 11 is 0. The first kappa shape index (κ1) is 14.5. The van der Waals surface area contributed by atoms with Crippen LogP contribution in [-0.4, -0.2) is 44.2 Å². The molecular formula is C13H26N2O2. The molecule has 0 bridgehead atoms. The van der Waals surface area contributed by atoms with Crippen LogP contribution < -0.4 is 5.73 Å². The Kier molecular flexibility index (Phi) is 5.40. The lowest BCUT2D eigenvalue weighted by Crippen LogP contribution is -2.47. The Bertz CT molecular complexity index is 250. The molecule has 1 aliphatic carbocycles. The summed E-state index contributed by atoms with van der Waals surface area (Å²) in [5.41, 5.74) is 5.71. The molecule has 1 atom stereocenters. The zero-order chi connectivity index (χ0) is 12.9. The maximum atomic E-state index is 12.4. The minimum absolute atomic E-state index is 0.0962. The highest BCUT2D eigenvalue weighted by molar-refractivity contribution is 5.82. The van der Waals surface area contributed by atoms with E-state index in [1.165, 1.54) is 19.3 Å². The van der Waals surface area contributed by atoms with Crippen molar-refractivity contribution in [2.75, 3.05) is 27.3 Å². The molecule has 0 radical (unpaired) electrons. The smallest absolute Gasteiger partial charge is 0.228 e. The van der Waals surface area contributed by atoms with Gasteiger partial charge in [-0.2, -0.15) is 0 Å². The number of carbonyl (C=O) groups is 1. The molecule has 0 aliphatic heterocycles. The molecule has 0 aromatic rings. The molecule has 2 N–H and O–H groups in total. The molecule has 0 aromatic heterocycles. The van der Waals surface area contributed by atoms with Gasteiger partial charge < -0.3 is 15.4 Å². The summed E-state index contributed by atoms with van der Waals surface area (Å²) in [7, 11) is 3.47. The Labute approximate surface area is 104 Å². The van der Waals surface area contributed by atoms with E-state index in [2.05, 4.69) is 6.92 Å². The number of nitrogens with zero attached hydrogens (tertiary/aromatic N) is 1. The molecule has 0 aromatic carbocycles. The number of hydrogen-bond acceptors (Lipinski definition) is 3. The molecule has 0 spiro atoms. The van der Waals surface area contributed by atoms with Gasteiger partial charge in [0.25, 0.3) is 0 Å². The molecule has 4 heteroatoms. The Hall–Kier alpha value is -0.610. The Morgan fingerprint density at radius 1 is 1.41 bits per heavy atom. The van der Waals surface area contributed by atoms with Gasteiger partial charge in [-0.15, -0.1) is 0 Å². The minimum Gasteiger partial charge on any atom is -0.383 e. The van der Waals surface area contributed by atoms with Gasteiger partial charge in [0, 0.05) is 32.2 Å². The monoisotopic (exact) mass is 242 g/mol. The number of rotatable bonds is 5. The third-order valence-electron chi connectivity index (χ3n) is 3.71. The predicted octanol–water partition coefficient (Wildman–Crippen LogP) is 1.39. The Morgan fingerprint density at radius 2 is 2.00 bits per heavy atom. The van der Waals surface area contributed by atoms with Crippen LogP contribution >= 0.6 is 0 Å². The van der Waals surface area contributed by atoms with Gasteiger partial charge in [0.2, 0.25) is 5.91 Å². The highest BCUT2D eigenvalue weighted by Gasteiger charge is 2.36. The Morgan fingerprint density at radius 3 is 2.53 bits per heavy atom. The van der Waals surface area contributed by atoms with Crippen molar-refractivity contribution in [1.82, 2.24) is 4.90 Å². The maximum Gasteiger partial charge on any atom is 0.228 e. The summed E-state index contributed by atoms with van der Waals surface area (Å²) in [5, 5.41) is 0. The van der Waals surface area contributed by atoms with Gasteiger partial charge in [-0.3, -0.25) is 4.79 Å². The first-order valence-corrected chi connectivity index (χ1v) is 6.50. The average molecular weight is 242 g/mol. The van der Waals surface area contributed by atoms with E-state index < -0.39 is 0 Å². The fourth-order valence-corrected chi connectivity index (χ4v) is 2.71. The first-order valence-electron chi connectivity index (χ1n) is 6.50. The van der Waals surface area contributed by atoms with Crippen molar-refractivity contribution >= 4 is 5.91 Å². The zero-order valence-electron chi connectivity index (χ0n) is 11.4. The predicted molar refractivity (Wildman–Crippen MR) is 68.7 cm³/mol. The lowest BCUT2D eigenvalue weighted by Gasteiger charge is -2.36. The molecule has 1 rings (SSSR count). The van der Waals surface area contributed by atoms with Gasteiger partial charge in [-0.1, -0.05) is 26.2 Å². The third-order valence-corrected chi connectivity index (χ3v) is 3.71. The molecular weight excluding hydrogens is 216 g/mol. The topological polar surface area (TPSA) is 55.6 Å². The van der Waals surface area contributed by atoms with Crippen LogP contribution in [0.3, 0.4) is 0 Å². The Balaban J connectivity index is 2.50. The normalized spacial score (nSPS) is 20.9. The fraction of sp³-hybridized carbons (Fsp3) is 0.923. The second kappa shape index (κ2) is 6.36. The van der Waals surface area contributed by atoms with E-state index in [4.69, 9.17) is 10.5 Å². The summed E-state index contributed by atoms with van der Waals surface area (Å²) in [4.78, 5) is 14.2. The van der Waals surface area contributed by atoms with Crippen molar-refractivity contribution in [3.8, 4) is 0 Å². The van der Waals surface area contributed by atoms with E-state index in [0.29, 0.717) is 13.2 Å². The van der Waals surface area contributed by atoms with E-state index in [9.17, 15) is 4.79 Å². The summed E-state index contributed by atoms with van der Waals surface area (Å²) in [6, 6.07) is -0.0962. The van der Waals surface area contributed by atoms with E-state index in [0.717, 1.165) is 12.8 Å². The summed E-state index contributed by atoms with van der Waals surface area (Å²) in [5.74, 6) is 0.240. The van der Waals surface area contributed by atoms with E-state index >= 15 is 0 Å². The first-order chi connectivity index (χ1) is 7.99. The van der Waals surface area contributed by atoms with Crippen molar-refractivity contribution in [2.24, 2.45) is 11.1 Å². The number of amides is 1. The number of nitrogens with two attached hydrogens (primary N) is 1. The molecule has 17 heavy (non-hydrogen) atoms. The van der Waals surface area contributed by atoms with E-state index in [-0.39, 0.29) is 17.4 Å².